The standard InChI is InChI=1S/C22H18F4N6O/c23-14-9-17-21(20-27-7-4-8-28-20,31-18-12-29-16(11-30-18)22(24,25)26)10-15(14)32(17)19(33)13-5-2-1-3-6-13/h1-8,11-12,14-15,17H,9-10H2,(H,30,31)/t14?,15-,17+,21-/m1/s1. The summed E-state index contributed by atoms with van der Waals surface area (Å²) in [5, 5.41) is 3.11. The summed E-state index contributed by atoms with van der Waals surface area (Å²) in [6, 6.07) is 8.72. The number of carbonyl (C=O) groups is 1. The first-order chi connectivity index (χ1) is 15.8. The van der Waals surface area contributed by atoms with Crippen molar-refractivity contribution in [2.45, 2.75) is 42.8 Å². The minimum absolute atomic E-state index is 0.0303. The first kappa shape index (κ1) is 21.2. The number of alkyl halides is 4. The van der Waals surface area contributed by atoms with Gasteiger partial charge in [-0.1, -0.05) is 18.2 Å². The van der Waals surface area contributed by atoms with Crippen molar-refractivity contribution in [3.05, 3.63) is 78.3 Å². The Balaban J connectivity index is 1.54. The first-order valence-electron chi connectivity index (χ1n) is 10.3. The van der Waals surface area contributed by atoms with Crippen LogP contribution in [0.5, 0.6) is 0 Å². The summed E-state index contributed by atoms with van der Waals surface area (Å²) in [5.41, 5.74) is -1.86. The maximum absolute atomic E-state index is 14.9. The van der Waals surface area contributed by atoms with Crippen LogP contribution >= 0.6 is 0 Å². The summed E-state index contributed by atoms with van der Waals surface area (Å²) >= 11 is 0. The highest BCUT2D eigenvalue weighted by atomic mass is 19.4. The molecule has 4 atom stereocenters. The number of hydrogen-bond donors (Lipinski definition) is 1. The predicted octanol–water partition coefficient (Wildman–Crippen LogP) is 3.62. The number of halogens is 4. The highest BCUT2D eigenvalue weighted by Gasteiger charge is 2.64. The first-order valence-corrected chi connectivity index (χ1v) is 10.3. The third-order valence-electron chi connectivity index (χ3n) is 6.17. The fourth-order valence-corrected chi connectivity index (χ4v) is 4.77. The van der Waals surface area contributed by atoms with Crippen LogP contribution in [0.15, 0.2) is 61.2 Å². The van der Waals surface area contributed by atoms with E-state index in [9.17, 15) is 22.4 Å². The Hall–Kier alpha value is -3.63. The second-order valence-electron chi connectivity index (χ2n) is 8.07. The molecule has 1 unspecified atom stereocenters. The number of nitrogens with one attached hydrogen (secondary N) is 1. The Kier molecular flexibility index (Phi) is 4.98. The van der Waals surface area contributed by atoms with Crippen molar-refractivity contribution in [3.8, 4) is 0 Å². The van der Waals surface area contributed by atoms with Crippen molar-refractivity contribution in [2.24, 2.45) is 0 Å². The molecule has 1 aromatic carbocycles. The lowest BCUT2D eigenvalue weighted by Gasteiger charge is -2.37. The van der Waals surface area contributed by atoms with Gasteiger partial charge >= 0.3 is 6.18 Å². The van der Waals surface area contributed by atoms with Crippen LogP contribution in [0.4, 0.5) is 23.4 Å². The molecule has 0 saturated carbocycles. The van der Waals surface area contributed by atoms with Gasteiger partial charge in [-0.2, -0.15) is 13.2 Å². The second kappa shape index (κ2) is 7.75. The summed E-state index contributed by atoms with van der Waals surface area (Å²) in [5.74, 6) is 0.0198. The molecule has 0 spiro atoms. The normalized spacial score (nSPS) is 26.4. The number of carbonyl (C=O) groups excluding carboxylic acids is 1. The van der Waals surface area contributed by atoms with Crippen LogP contribution in [0.2, 0.25) is 0 Å². The Labute approximate surface area is 185 Å². The molecule has 1 amide bonds. The Morgan fingerprint density at radius 3 is 2.39 bits per heavy atom. The second-order valence-corrected chi connectivity index (χ2v) is 8.07. The number of rotatable bonds is 4. The lowest BCUT2D eigenvalue weighted by molar-refractivity contribution is -0.141. The Bertz CT molecular complexity index is 1150. The summed E-state index contributed by atoms with van der Waals surface area (Å²) in [6.45, 7) is 0. The molecule has 33 heavy (non-hydrogen) atoms. The SMILES string of the molecule is O=C(c1ccccc1)N1[C@@H]2C[C@](Nc3cnc(C(F)(F)F)cn3)(c3ncccn3)[C@@H]1CC2F. The Morgan fingerprint density at radius 2 is 1.76 bits per heavy atom. The quantitative estimate of drug-likeness (QED) is 0.602. The van der Waals surface area contributed by atoms with Gasteiger partial charge in [0.05, 0.1) is 24.5 Å². The number of aromatic nitrogens is 4. The average molecular weight is 458 g/mol. The van der Waals surface area contributed by atoms with E-state index < -0.39 is 35.7 Å². The minimum Gasteiger partial charge on any atom is -0.354 e. The molecule has 0 radical (unpaired) electrons. The molecule has 1 N–H and O–H groups in total. The fraction of sp³-hybridized carbons (Fsp3) is 0.318. The molecule has 11 heteroatoms. The van der Waals surface area contributed by atoms with Gasteiger partial charge in [0.1, 0.15) is 17.5 Å². The largest absolute Gasteiger partial charge is 0.434 e. The molecule has 2 bridgehead atoms. The molecule has 2 aromatic heterocycles. The van der Waals surface area contributed by atoms with E-state index in [-0.39, 0.29) is 24.6 Å². The highest BCUT2D eigenvalue weighted by molar-refractivity contribution is 5.95. The highest BCUT2D eigenvalue weighted by Crippen LogP contribution is 2.51. The zero-order valence-corrected chi connectivity index (χ0v) is 17.1. The number of anilines is 1. The molecule has 2 fully saturated rings. The van der Waals surface area contributed by atoms with Crippen LogP contribution in [-0.2, 0) is 11.7 Å². The average Bonchev–Trinajstić information content (AvgIpc) is 3.31. The number of benzene rings is 1. The number of fused-ring (bicyclic) bond motifs is 2. The van der Waals surface area contributed by atoms with Crippen molar-refractivity contribution >= 4 is 11.7 Å². The van der Waals surface area contributed by atoms with Crippen LogP contribution in [0.1, 0.15) is 34.7 Å². The van der Waals surface area contributed by atoms with Gasteiger partial charge in [0.15, 0.2) is 11.5 Å². The zero-order valence-electron chi connectivity index (χ0n) is 17.1. The number of hydrogen-bond acceptors (Lipinski definition) is 6. The van der Waals surface area contributed by atoms with Crippen molar-refractivity contribution in [2.75, 3.05) is 5.32 Å². The van der Waals surface area contributed by atoms with Crippen LogP contribution in [0, 0.1) is 0 Å². The van der Waals surface area contributed by atoms with Crippen LogP contribution < -0.4 is 5.32 Å². The minimum atomic E-state index is -4.63. The monoisotopic (exact) mass is 458 g/mol. The lowest BCUT2D eigenvalue weighted by Crippen LogP contribution is -2.50. The molecule has 0 aliphatic carbocycles. The number of nitrogens with zero attached hydrogens (tertiary/aromatic N) is 5. The van der Waals surface area contributed by atoms with Crippen molar-refractivity contribution in [3.63, 3.8) is 0 Å². The fourth-order valence-electron chi connectivity index (χ4n) is 4.77. The summed E-state index contributed by atoms with van der Waals surface area (Å²) in [7, 11) is 0. The van der Waals surface area contributed by atoms with E-state index in [4.69, 9.17) is 0 Å². The van der Waals surface area contributed by atoms with Gasteiger partial charge < -0.3 is 10.2 Å². The van der Waals surface area contributed by atoms with E-state index in [1.807, 2.05) is 0 Å². The third-order valence-corrected chi connectivity index (χ3v) is 6.17. The van der Waals surface area contributed by atoms with Gasteiger partial charge in [0.2, 0.25) is 0 Å². The van der Waals surface area contributed by atoms with E-state index in [0.29, 0.717) is 17.6 Å². The van der Waals surface area contributed by atoms with Crippen molar-refractivity contribution < 1.29 is 22.4 Å². The maximum atomic E-state index is 14.9. The van der Waals surface area contributed by atoms with Gasteiger partial charge in [-0.3, -0.25) is 4.79 Å². The van der Waals surface area contributed by atoms with E-state index >= 15 is 0 Å². The van der Waals surface area contributed by atoms with Crippen LogP contribution in [0.3, 0.4) is 0 Å². The van der Waals surface area contributed by atoms with Gasteiger partial charge in [0.25, 0.3) is 5.91 Å². The molecule has 2 aliphatic heterocycles. The van der Waals surface area contributed by atoms with Crippen molar-refractivity contribution in [1.29, 1.82) is 0 Å². The van der Waals surface area contributed by atoms with Crippen LogP contribution in [-0.4, -0.2) is 49.0 Å². The molecule has 2 saturated heterocycles. The van der Waals surface area contributed by atoms with E-state index in [1.165, 1.54) is 17.3 Å². The molecular weight excluding hydrogens is 440 g/mol. The predicted molar refractivity (Wildman–Crippen MR) is 109 cm³/mol. The molecule has 3 aromatic rings. The summed E-state index contributed by atoms with van der Waals surface area (Å²) in [6.07, 6.45) is -1.08. The maximum Gasteiger partial charge on any atom is 0.434 e. The van der Waals surface area contributed by atoms with Crippen molar-refractivity contribution in [1.82, 2.24) is 24.8 Å². The molecule has 5 rings (SSSR count). The van der Waals surface area contributed by atoms with E-state index in [2.05, 4.69) is 25.3 Å². The Morgan fingerprint density at radius 1 is 1.03 bits per heavy atom. The molecule has 170 valence electrons. The summed E-state index contributed by atoms with van der Waals surface area (Å²) < 4.78 is 53.6. The molecular formula is C22H18F4N6O. The zero-order chi connectivity index (χ0) is 23.2. The molecule has 2 aliphatic rings. The third kappa shape index (κ3) is 3.57. The van der Waals surface area contributed by atoms with E-state index in [0.717, 1.165) is 6.20 Å². The van der Waals surface area contributed by atoms with Gasteiger partial charge in [-0.25, -0.2) is 24.3 Å². The van der Waals surface area contributed by atoms with Gasteiger partial charge in [0, 0.05) is 30.8 Å². The van der Waals surface area contributed by atoms with E-state index in [1.54, 1.807) is 36.4 Å². The smallest absolute Gasteiger partial charge is 0.354 e. The van der Waals surface area contributed by atoms with Gasteiger partial charge in [-0.15, -0.1) is 0 Å². The lowest BCUT2D eigenvalue weighted by atomic mass is 9.79. The topological polar surface area (TPSA) is 83.9 Å². The van der Waals surface area contributed by atoms with Gasteiger partial charge in [-0.05, 0) is 18.2 Å². The van der Waals surface area contributed by atoms with Crippen LogP contribution in [0.25, 0.3) is 0 Å². The molecule has 4 heterocycles. The molecule has 7 nitrogen and oxygen atoms in total. The number of amides is 1. The summed E-state index contributed by atoms with van der Waals surface area (Å²) in [4.78, 5) is 30.8.